The number of aliphatic hydroxyl groups is 1. The van der Waals surface area contributed by atoms with Crippen molar-refractivity contribution in [2.24, 2.45) is 17.8 Å². The van der Waals surface area contributed by atoms with Gasteiger partial charge in [0.1, 0.15) is 0 Å². The molecule has 0 saturated carbocycles. The zero-order chi connectivity index (χ0) is 15.8. The number of amides is 1. The van der Waals surface area contributed by atoms with Gasteiger partial charge in [0.15, 0.2) is 0 Å². The van der Waals surface area contributed by atoms with Gasteiger partial charge in [0.25, 0.3) is 0 Å². The van der Waals surface area contributed by atoms with Crippen molar-refractivity contribution in [1.29, 1.82) is 0 Å². The van der Waals surface area contributed by atoms with Crippen molar-refractivity contribution in [2.75, 3.05) is 26.2 Å². The van der Waals surface area contributed by atoms with E-state index in [1.165, 1.54) is 12.8 Å². The van der Waals surface area contributed by atoms with Crippen molar-refractivity contribution in [3.8, 4) is 0 Å². The van der Waals surface area contributed by atoms with Gasteiger partial charge in [-0.05, 0) is 44.2 Å². The molecule has 0 spiro atoms. The molecule has 0 aliphatic carbocycles. The molecule has 0 aromatic rings. The molecule has 0 aromatic carbocycles. The second kappa shape index (κ2) is 9.42. The molecule has 0 radical (unpaired) electrons. The van der Waals surface area contributed by atoms with Crippen LogP contribution in [0.5, 0.6) is 0 Å². The highest BCUT2D eigenvalue weighted by atomic mass is 16.3. The van der Waals surface area contributed by atoms with Crippen molar-refractivity contribution in [3.05, 3.63) is 0 Å². The molecule has 1 amide bonds. The second-order valence-corrected chi connectivity index (χ2v) is 7.02. The van der Waals surface area contributed by atoms with E-state index in [1.807, 2.05) is 0 Å². The largest absolute Gasteiger partial charge is 0.390 e. The van der Waals surface area contributed by atoms with Gasteiger partial charge in [0.2, 0.25) is 5.91 Å². The van der Waals surface area contributed by atoms with Crippen LogP contribution in [0.2, 0.25) is 0 Å². The summed E-state index contributed by atoms with van der Waals surface area (Å²) in [5, 5.41) is 13.0. The van der Waals surface area contributed by atoms with Gasteiger partial charge in [0, 0.05) is 19.0 Å². The smallest absolute Gasteiger partial charge is 0.223 e. The molecule has 1 fully saturated rings. The zero-order valence-corrected chi connectivity index (χ0v) is 14.3. The fourth-order valence-electron chi connectivity index (χ4n) is 3.03. The van der Waals surface area contributed by atoms with E-state index in [-0.39, 0.29) is 11.8 Å². The minimum Gasteiger partial charge on any atom is -0.390 e. The number of carbonyl (C=O) groups is 1. The summed E-state index contributed by atoms with van der Waals surface area (Å²) in [6, 6.07) is 0. The first-order valence-electron chi connectivity index (χ1n) is 8.62. The molecule has 21 heavy (non-hydrogen) atoms. The Morgan fingerprint density at radius 2 is 1.95 bits per heavy atom. The average Bonchev–Trinajstić information content (AvgIpc) is 2.44. The Balaban J connectivity index is 2.28. The van der Waals surface area contributed by atoms with E-state index >= 15 is 0 Å². The summed E-state index contributed by atoms with van der Waals surface area (Å²) in [6.45, 7) is 11.7. The Hall–Kier alpha value is -0.610. The molecular formula is C17H34N2O2. The summed E-state index contributed by atoms with van der Waals surface area (Å²) in [4.78, 5) is 14.5. The van der Waals surface area contributed by atoms with Crippen LogP contribution in [0.3, 0.4) is 0 Å². The predicted octanol–water partition coefficient (Wildman–Crippen LogP) is 2.27. The van der Waals surface area contributed by atoms with Crippen molar-refractivity contribution in [1.82, 2.24) is 10.2 Å². The quantitative estimate of drug-likeness (QED) is 0.723. The van der Waals surface area contributed by atoms with Crippen molar-refractivity contribution < 1.29 is 9.90 Å². The molecule has 0 bridgehead atoms. The maximum Gasteiger partial charge on any atom is 0.223 e. The molecular weight excluding hydrogens is 264 g/mol. The first-order chi connectivity index (χ1) is 9.93. The van der Waals surface area contributed by atoms with Crippen LogP contribution >= 0.6 is 0 Å². The Labute approximate surface area is 130 Å². The van der Waals surface area contributed by atoms with Gasteiger partial charge in [-0.15, -0.1) is 0 Å². The number of carbonyl (C=O) groups excluding carboxylic acids is 1. The molecule has 2 N–H and O–H groups in total. The maximum atomic E-state index is 12.2. The topological polar surface area (TPSA) is 52.6 Å². The van der Waals surface area contributed by atoms with Crippen molar-refractivity contribution in [2.45, 2.75) is 59.5 Å². The summed E-state index contributed by atoms with van der Waals surface area (Å²) < 4.78 is 0. The Bertz CT molecular complexity index is 299. The normalized spacial score (nSPS) is 20.5. The SMILES string of the molecule is CCCC(C(=O)NCC(O)CN1CCC(C)CC1)C(C)C. The minimum absolute atomic E-state index is 0.0676. The lowest BCUT2D eigenvalue weighted by Crippen LogP contribution is -2.44. The number of rotatable bonds is 8. The molecule has 1 aliphatic heterocycles. The summed E-state index contributed by atoms with van der Waals surface area (Å²) in [7, 11) is 0. The monoisotopic (exact) mass is 298 g/mol. The molecule has 124 valence electrons. The summed E-state index contributed by atoms with van der Waals surface area (Å²) in [5.74, 6) is 1.32. The molecule has 1 heterocycles. The number of β-amino-alcohol motifs (C(OH)–C–C–N with tert-alkyl or cyclic N) is 1. The highest BCUT2D eigenvalue weighted by Gasteiger charge is 2.22. The van der Waals surface area contributed by atoms with Gasteiger partial charge in [-0.1, -0.05) is 34.1 Å². The van der Waals surface area contributed by atoms with Gasteiger partial charge in [0.05, 0.1) is 6.10 Å². The summed E-state index contributed by atoms with van der Waals surface area (Å²) >= 11 is 0. The van der Waals surface area contributed by atoms with E-state index in [4.69, 9.17) is 0 Å². The summed E-state index contributed by atoms with van der Waals surface area (Å²) in [6.07, 6.45) is 3.90. The Kier molecular flexibility index (Phi) is 8.27. The lowest BCUT2D eigenvalue weighted by molar-refractivity contribution is -0.127. The number of hydrogen-bond donors (Lipinski definition) is 2. The van der Waals surface area contributed by atoms with Gasteiger partial charge < -0.3 is 15.3 Å². The van der Waals surface area contributed by atoms with E-state index in [9.17, 15) is 9.90 Å². The van der Waals surface area contributed by atoms with Crippen LogP contribution in [0.25, 0.3) is 0 Å². The lowest BCUT2D eigenvalue weighted by atomic mass is 9.90. The lowest BCUT2D eigenvalue weighted by Gasteiger charge is -2.31. The van der Waals surface area contributed by atoms with Crippen LogP contribution < -0.4 is 5.32 Å². The highest BCUT2D eigenvalue weighted by Crippen LogP contribution is 2.17. The number of hydrogen-bond acceptors (Lipinski definition) is 3. The highest BCUT2D eigenvalue weighted by molar-refractivity contribution is 5.78. The molecule has 1 saturated heterocycles. The number of nitrogens with zero attached hydrogens (tertiary/aromatic N) is 1. The number of likely N-dealkylation sites (tertiary alicyclic amines) is 1. The van der Waals surface area contributed by atoms with E-state index in [0.29, 0.717) is 19.0 Å². The first kappa shape index (κ1) is 18.4. The summed E-state index contributed by atoms with van der Waals surface area (Å²) in [5.41, 5.74) is 0. The molecule has 0 aromatic heterocycles. The molecule has 1 aliphatic rings. The Morgan fingerprint density at radius 3 is 2.48 bits per heavy atom. The van der Waals surface area contributed by atoms with Crippen molar-refractivity contribution >= 4 is 5.91 Å². The maximum absolute atomic E-state index is 12.2. The van der Waals surface area contributed by atoms with Crippen LogP contribution in [0.1, 0.15) is 53.4 Å². The predicted molar refractivity (Wildman–Crippen MR) is 87.1 cm³/mol. The molecule has 1 rings (SSSR count). The first-order valence-corrected chi connectivity index (χ1v) is 8.62. The van der Waals surface area contributed by atoms with Crippen LogP contribution in [-0.2, 0) is 4.79 Å². The third kappa shape index (κ3) is 6.79. The third-order valence-corrected chi connectivity index (χ3v) is 4.60. The standard InChI is InChI=1S/C17H34N2O2/c1-5-6-16(13(2)3)17(21)18-11-15(20)12-19-9-7-14(4)8-10-19/h13-16,20H,5-12H2,1-4H3,(H,18,21). The molecule has 4 heteroatoms. The number of aliphatic hydroxyl groups excluding tert-OH is 1. The van der Waals surface area contributed by atoms with E-state index in [2.05, 4.69) is 37.9 Å². The second-order valence-electron chi connectivity index (χ2n) is 7.02. The molecule has 2 unspecified atom stereocenters. The molecule has 2 atom stereocenters. The van der Waals surface area contributed by atoms with Crippen molar-refractivity contribution in [3.63, 3.8) is 0 Å². The zero-order valence-electron chi connectivity index (χ0n) is 14.3. The van der Waals surface area contributed by atoms with Crippen LogP contribution in [0.15, 0.2) is 0 Å². The van der Waals surface area contributed by atoms with Crippen LogP contribution in [0, 0.1) is 17.8 Å². The molecule has 4 nitrogen and oxygen atoms in total. The fraction of sp³-hybridized carbons (Fsp3) is 0.941. The van der Waals surface area contributed by atoms with Gasteiger partial charge in [-0.25, -0.2) is 0 Å². The Morgan fingerprint density at radius 1 is 1.33 bits per heavy atom. The van der Waals surface area contributed by atoms with E-state index in [1.54, 1.807) is 0 Å². The van der Waals surface area contributed by atoms with Gasteiger partial charge in [-0.3, -0.25) is 4.79 Å². The average molecular weight is 298 g/mol. The van der Waals surface area contributed by atoms with Crippen LogP contribution in [-0.4, -0.2) is 48.2 Å². The van der Waals surface area contributed by atoms with Gasteiger partial charge >= 0.3 is 0 Å². The number of nitrogens with one attached hydrogen (secondary N) is 1. The van der Waals surface area contributed by atoms with Gasteiger partial charge in [-0.2, -0.15) is 0 Å². The third-order valence-electron chi connectivity index (χ3n) is 4.60. The van der Waals surface area contributed by atoms with E-state index < -0.39 is 6.10 Å². The van der Waals surface area contributed by atoms with E-state index in [0.717, 1.165) is 31.8 Å². The van der Waals surface area contributed by atoms with Crippen LogP contribution in [0.4, 0.5) is 0 Å². The minimum atomic E-state index is -0.461. The fourth-order valence-corrected chi connectivity index (χ4v) is 3.03. The number of piperidine rings is 1.